The number of alkyl halides is 3. The van der Waals surface area contributed by atoms with Gasteiger partial charge in [0.15, 0.2) is 0 Å². The maximum atomic E-state index is 14.2. The summed E-state index contributed by atoms with van der Waals surface area (Å²) >= 11 is 0. The normalized spacial score (nSPS) is 32.5. The zero-order chi connectivity index (χ0) is 26.2. The first-order chi connectivity index (χ1) is 17.7. The first kappa shape index (κ1) is 26.5. The van der Waals surface area contributed by atoms with E-state index >= 15 is 0 Å². The van der Waals surface area contributed by atoms with Gasteiger partial charge in [-0.25, -0.2) is 0 Å². The first-order valence-electron chi connectivity index (χ1n) is 14.3. The Labute approximate surface area is 219 Å². The standard InChI is InChI=1S/C31H41F3N2O/c1-3-4-11-27(26-12-7-5-6-9-21(26)2)22-16-24-10-8-14-30(24,18-22)29(37)36-15-13-28-23(20-36)17-25(19-35-28)31(32,33)34/h3,5-6,17,19,21-22,24,26-27H,1,4,7-16,18,20H2,2H3/t21-,22-,24-,26-,27?,30-/m1/s1. The molecule has 0 saturated heterocycles. The van der Waals surface area contributed by atoms with Gasteiger partial charge in [0, 0.05) is 31.4 Å². The molecule has 5 rings (SSSR count). The Morgan fingerprint density at radius 3 is 2.95 bits per heavy atom. The minimum atomic E-state index is -4.42. The summed E-state index contributed by atoms with van der Waals surface area (Å²) in [6, 6.07) is 1.20. The lowest BCUT2D eigenvalue weighted by Crippen LogP contribution is -2.46. The number of halogens is 3. The maximum Gasteiger partial charge on any atom is 0.417 e. The topological polar surface area (TPSA) is 33.2 Å². The lowest BCUT2D eigenvalue weighted by atomic mass is 9.69. The average Bonchev–Trinajstić information content (AvgIpc) is 3.36. The molecule has 6 atom stereocenters. The number of pyridine rings is 1. The summed E-state index contributed by atoms with van der Waals surface area (Å²) in [4.78, 5) is 20.2. The molecule has 0 aromatic carbocycles. The van der Waals surface area contributed by atoms with Gasteiger partial charge in [0.25, 0.3) is 0 Å². The molecule has 3 aliphatic carbocycles. The molecule has 1 unspecified atom stereocenters. The molecule has 0 radical (unpaired) electrons. The molecule has 2 saturated carbocycles. The van der Waals surface area contributed by atoms with E-state index in [1.165, 1.54) is 12.5 Å². The van der Waals surface area contributed by atoms with E-state index in [4.69, 9.17) is 0 Å². The van der Waals surface area contributed by atoms with Crippen LogP contribution in [0.3, 0.4) is 0 Å². The Balaban J connectivity index is 1.36. The van der Waals surface area contributed by atoms with E-state index < -0.39 is 11.7 Å². The van der Waals surface area contributed by atoms with Crippen molar-refractivity contribution in [2.75, 3.05) is 6.54 Å². The van der Waals surface area contributed by atoms with Gasteiger partial charge in [-0.3, -0.25) is 9.78 Å². The summed E-state index contributed by atoms with van der Waals surface area (Å²) in [5.74, 6) is 3.04. The van der Waals surface area contributed by atoms with Crippen LogP contribution in [0.15, 0.2) is 37.1 Å². The number of hydrogen-bond acceptors (Lipinski definition) is 2. The molecule has 1 amide bonds. The summed E-state index contributed by atoms with van der Waals surface area (Å²) in [6.07, 6.45) is 14.6. The van der Waals surface area contributed by atoms with Crippen molar-refractivity contribution in [3.05, 3.63) is 53.9 Å². The predicted molar refractivity (Wildman–Crippen MR) is 139 cm³/mol. The SMILES string of the molecule is C=CCCC([C@@H]1C[C@H]2CCC[C@@]2(C(=O)N2CCc3ncc(C(F)(F)F)cc3C2)C1)[C@@H]1CCC=CC[C@H]1C. The van der Waals surface area contributed by atoms with Crippen LogP contribution < -0.4 is 0 Å². The van der Waals surface area contributed by atoms with Crippen LogP contribution in [0.5, 0.6) is 0 Å². The second-order valence-corrected chi connectivity index (χ2v) is 12.2. The molecule has 2 heterocycles. The van der Waals surface area contributed by atoms with Crippen molar-refractivity contribution in [3.8, 4) is 0 Å². The molecule has 1 aliphatic heterocycles. The number of aromatic nitrogens is 1. The largest absolute Gasteiger partial charge is 0.417 e. The summed E-state index contributed by atoms with van der Waals surface area (Å²) in [6.45, 7) is 7.18. The van der Waals surface area contributed by atoms with Crippen LogP contribution in [0, 0.1) is 35.0 Å². The van der Waals surface area contributed by atoms with Gasteiger partial charge in [-0.15, -0.1) is 6.58 Å². The van der Waals surface area contributed by atoms with Crippen LogP contribution in [0.1, 0.15) is 88.0 Å². The highest BCUT2D eigenvalue weighted by molar-refractivity contribution is 5.84. The molecule has 202 valence electrons. The lowest BCUT2D eigenvalue weighted by Gasteiger charge is -2.39. The quantitative estimate of drug-likeness (QED) is 0.364. The van der Waals surface area contributed by atoms with Crippen LogP contribution >= 0.6 is 0 Å². The van der Waals surface area contributed by atoms with Crippen molar-refractivity contribution >= 4 is 5.91 Å². The molecule has 0 N–H and O–H groups in total. The van der Waals surface area contributed by atoms with Crippen molar-refractivity contribution in [2.45, 2.75) is 90.3 Å². The number of fused-ring (bicyclic) bond motifs is 2. The second-order valence-electron chi connectivity index (χ2n) is 12.2. The van der Waals surface area contributed by atoms with Crippen LogP contribution in [-0.4, -0.2) is 22.3 Å². The Bertz CT molecular complexity index is 1030. The second kappa shape index (κ2) is 10.6. The van der Waals surface area contributed by atoms with Crippen LogP contribution in [-0.2, 0) is 23.9 Å². The van der Waals surface area contributed by atoms with E-state index in [2.05, 4.69) is 30.6 Å². The van der Waals surface area contributed by atoms with Gasteiger partial charge in [-0.1, -0.05) is 31.6 Å². The van der Waals surface area contributed by atoms with Gasteiger partial charge in [-0.05, 0) is 99.0 Å². The maximum absolute atomic E-state index is 14.2. The number of allylic oxidation sites excluding steroid dienone is 3. The summed E-state index contributed by atoms with van der Waals surface area (Å²) in [5.41, 5.74) is 0.187. The van der Waals surface area contributed by atoms with Gasteiger partial charge < -0.3 is 4.90 Å². The Morgan fingerprint density at radius 1 is 1.32 bits per heavy atom. The molecule has 2 fully saturated rings. The van der Waals surface area contributed by atoms with E-state index in [1.807, 2.05) is 11.0 Å². The third-order valence-electron chi connectivity index (χ3n) is 10.2. The van der Waals surface area contributed by atoms with Gasteiger partial charge in [0.2, 0.25) is 5.91 Å². The van der Waals surface area contributed by atoms with Crippen molar-refractivity contribution in [3.63, 3.8) is 0 Å². The Kier molecular flexibility index (Phi) is 7.57. The molecule has 3 nitrogen and oxygen atoms in total. The molecule has 37 heavy (non-hydrogen) atoms. The summed E-state index contributed by atoms with van der Waals surface area (Å²) < 4.78 is 40.0. The number of rotatable bonds is 6. The van der Waals surface area contributed by atoms with Crippen molar-refractivity contribution in [2.24, 2.45) is 35.0 Å². The first-order valence-corrected chi connectivity index (χ1v) is 14.3. The molecule has 0 spiro atoms. The van der Waals surface area contributed by atoms with Gasteiger partial charge in [0.1, 0.15) is 0 Å². The van der Waals surface area contributed by atoms with Crippen molar-refractivity contribution in [1.29, 1.82) is 0 Å². The van der Waals surface area contributed by atoms with Crippen LogP contribution in [0.2, 0.25) is 0 Å². The van der Waals surface area contributed by atoms with Crippen molar-refractivity contribution in [1.82, 2.24) is 9.88 Å². The minimum absolute atomic E-state index is 0.193. The average molecular weight is 515 g/mol. The van der Waals surface area contributed by atoms with Gasteiger partial charge in [-0.2, -0.15) is 13.2 Å². The fourth-order valence-electron chi connectivity index (χ4n) is 8.36. The molecular weight excluding hydrogens is 473 g/mol. The lowest BCUT2D eigenvalue weighted by molar-refractivity contribution is -0.144. The van der Waals surface area contributed by atoms with E-state index in [9.17, 15) is 18.0 Å². The summed E-state index contributed by atoms with van der Waals surface area (Å²) in [7, 11) is 0. The monoisotopic (exact) mass is 514 g/mol. The molecular formula is C31H41F3N2O. The van der Waals surface area contributed by atoms with Crippen LogP contribution in [0.25, 0.3) is 0 Å². The third-order valence-corrected chi connectivity index (χ3v) is 10.2. The Hall–Kier alpha value is -2.11. The Morgan fingerprint density at radius 2 is 2.16 bits per heavy atom. The van der Waals surface area contributed by atoms with E-state index in [1.54, 1.807) is 0 Å². The minimum Gasteiger partial charge on any atom is -0.337 e. The highest BCUT2D eigenvalue weighted by atomic mass is 19.4. The van der Waals surface area contributed by atoms with Gasteiger partial charge >= 0.3 is 6.18 Å². The predicted octanol–water partition coefficient (Wildman–Crippen LogP) is 7.76. The molecule has 6 heteroatoms. The van der Waals surface area contributed by atoms with E-state index in [0.29, 0.717) is 53.8 Å². The van der Waals surface area contributed by atoms with Crippen LogP contribution in [0.4, 0.5) is 13.2 Å². The van der Waals surface area contributed by atoms with Gasteiger partial charge in [0.05, 0.1) is 11.0 Å². The highest BCUT2D eigenvalue weighted by Gasteiger charge is 2.57. The fraction of sp³-hybridized carbons (Fsp3) is 0.677. The number of amides is 1. The van der Waals surface area contributed by atoms with E-state index in [0.717, 1.165) is 64.0 Å². The number of carbonyl (C=O) groups excluding carboxylic acids is 1. The molecule has 1 aromatic rings. The molecule has 4 aliphatic rings. The third kappa shape index (κ3) is 5.14. The highest BCUT2D eigenvalue weighted by Crippen LogP contribution is 2.60. The number of nitrogens with zero attached hydrogens (tertiary/aromatic N) is 2. The van der Waals surface area contributed by atoms with Crippen molar-refractivity contribution < 1.29 is 18.0 Å². The number of hydrogen-bond donors (Lipinski definition) is 0. The number of carbonyl (C=O) groups is 1. The molecule has 0 bridgehead atoms. The zero-order valence-corrected chi connectivity index (χ0v) is 22.1. The fourth-order valence-corrected chi connectivity index (χ4v) is 8.36. The molecule has 1 aromatic heterocycles. The van der Waals surface area contributed by atoms with E-state index in [-0.39, 0.29) is 17.9 Å². The smallest absolute Gasteiger partial charge is 0.337 e. The zero-order valence-electron chi connectivity index (χ0n) is 22.1. The summed E-state index contributed by atoms with van der Waals surface area (Å²) in [5, 5.41) is 0.